The average Bonchev–Trinajstić information content (AvgIpc) is 2.66. The first kappa shape index (κ1) is 9.82. The summed E-state index contributed by atoms with van der Waals surface area (Å²) in [6.45, 7) is 0. The Morgan fingerprint density at radius 3 is 3.06 bits per heavy atom. The van der Waals surface area contributed by atoms with E-state index in [2.05, 4.69) is 5.32 Å². The lowest BCUT2D eigenvalue weighted by atomic mass is 9.78. The molecule has 1 saturated carbocycles. The number of hydrogen-bond acceptors (Lipinski definition) is 2. The fourth-order valence-electron chi connectivity index (χ4n) is 3.03. The maximum atomic E-state index is 13.2. The second kappa shape index (κ2) is 3.58. The highest BCUT2D eigenvalue weighted by Crippen LogP contribution is 2.45. The Morgan fingerprint density at radius 2 is 2.25 bits per heavy atom. The van der Waals surface area contributed by atoms with Crippen LogP contribution in [-0.2, 0) is 4.79 Å². The van der Waals surface area contributed by atoms with Gasteiger partial charge in [0.1, 0.15) is 12.1 Å². The van der Waals surface area contributed by atoms with Gasteiger partial charge >= 0.3 is 0 Å². The minimum Gasteiger partial charge on any atom is -0.381 e. The number of carbonyl (C=O) groups is 1. The monoisotopic (exact) mass is 219 g/mol. The lowest BCUT2D eigenvalue weighted by Crippen LogP contribution is -2.29. The van der Waals surface area contributed by atoms with Crippen molar-refractivity contribution in [2.75, 3.05) is 5.32 Å². The molecule has 3 rings (SSSR count). The third-order valence-corrected chi connectivity index (χ3v) is 3.84. The Morgan fingerprint density at radius 1 is 1.38 bits per heavy atom. The first-order valence-corrected chi connectivity index (χ1v) is 5.79. The van der Waals surface area contributed by atoms with Gasteiger partial charge in [0.05, 0.1) is 0 Å². The molecular formula is C13H14FNO. The molecule has 16 heavy (non-hydrogen) atoms. The van der Waals surface area contributed by atoms with Crippen LogP contribution in [0.3, 0.4) is 0 Å². The summed E-state index contributed by atoms with van der Waals surface area (Å²) >= 11 is 0. The normalized spacial score (nSPS) is 31.4. The van der Waals surface area contributed by atoms with Crippen molar-refractivity contribution >= 4 is 12.0 Å². The molecule has 84 valence electrons. The van der Waals surface area contributed by atoms with Gasteiger partial charge in [0, 0.05) is 23.6 Å². The molecule has 1 fully saturated rings. The summed E-state index contributed by atoms with van der Waals surface area (Å²) in [7, 11) is 0. The average molecular weight is 219 g/mol. The number of hydrogen-bond donors (Lipinski definition) is 1. The van der Waals surface area contributed by atoms with E-state index in [1.54, 1.807) is 12.1 Å². The Balaban J connectivity index is 1.91. The quantitative estimate of drug-likeness (QED) is 0.736. The van der Waals surface area contributed by atoms with E-state index in [4.69, 9.17) is 0 Å². The molecule has 1 aromatic carbocycles. The summed E-state index contributed by atoms with van der Waals surface area (Å²) in [6.07, 6.45) is 3.85. The Labute approximate surface area is 93.9 Å². The highest BCUT2D eigenvalue weighted by Gasteiger charge is 2.37. The fraction of sp³-hybridized carbons (Fsp3) is 0.462. The molecular weight excluding hydrogens is 205 g/mol. The smallest absolute Gasteiger partial charge is 0.123 e. The van der Waals surface area contributed by atoms with Gasteiger partial charge in [-0.3, -0.25) is 0 Å². The summed E-state index contributed by atoms with van der Waals surface area (Å²) in [5, 5.41) is 3.40. The number of benzene rings is 1. The van der Waals surface area contributed by atoms with Crippen molar-refractivity contribution in [1.29, 1.82) is 0 Å². The summed E-state index contributed by atoms with van der Waals surface area (Å²) in [4.78, 5) is 10.8. The molecule has 0 bridgehead atoms. The summed E-state index contributed by atoms with van der Waals surface area (Å²) in [5.41, 5.74) is 2.14. The number of anilines is 1. The maximum Gasteiger partial charge on any atom is 0.123 e. The SMILES string of the molecule is O=CC1CCC2c3cc(F)ccc3NC2C1. The Hall–Kier alpha value is -1.38. The van der Waals surface area contributed by atoms with Gasteiger partial charge in [-0.15, -0.1) is 0 Å². The molecule has 2 nitrogen and oxygen atoms in total. The van der Waals surface area contributed by atoms with E-state index in [0.717, 1.165) is 36.8 Å². The molecule has 0 spiro atoms. The standard InChI is InChI=1S/C13H14FNO/c14-9-2-4-12-11(6-9)10-3-1-8(7-16)5-13(10)15-12/h2,4,6-8,10,13,15H,1,3,5H2. The molecule has 1 aromatic rings. The fourth-order valence-corrected chi connectivity index (χ4v) is 3.03. The molecule has 3 unspecified atom stereocenters. The van der Waals surface area contributed by atoms with Gasteiger partial charge in [0.25, 0.3) is 0 Å². The number of carbonyl (C=O) groups excluding carboxylic acids is 1. The molecule has 0 aromatic heterocycles. The molecule has 0 amide bonds. The highest BCUT2D eigenvalue weighted by atomic mass is 19.1. The molecule has 0 radical (unpaired) electrons. The van der Waals surface area contributed by atoms with Crippen molar-refractivity contribution in [3.63, 3.8) is 0 Å². The van der Waals surface area contributed by atoms with Gasteiger partial charge < -0.3 is 10.1 Å². The third-order valence-electron chi connectivity index (χ3n) is 3.84. The van der Waals surface area contributed by atoms with Crippen LogP contribution >= 0.6 is 0 Å². The first-order valence-electron chi connectivity index (χ1n) is 5.79. The predicted molar refractivity (Wildman–Crippen MR) is 60.0 cm³/mol. The van der Waals surface area contributed by atoms with Crippen LogP contribution in [0.25, 0.3) is 0 Å². The number of fused-ring (bicyclic) bond motifs is 3. The van der Waals surface area contributed by atoms with Gasteiger partial charge in [0.2, 0.25) is 0 Å². The van der Waals surface area contributed by atoms with Gasteiger partial charge in [-0.1, -0.05) is 0 Å². The van der Waals surface area contributed by atoms with E-state index in [0.29, 0.717) is 12.0 Å². The van der Waals surface area contributed by atoms with Crippen LogP contribution in [-0.4, -0.2) is 12.3 Å². The molecule has 0 saturated heterocycles. The number of halogens is 1. The van der Waals surface area contributed by atoms with Crippen molar-refractivity contribution in [3.05, 3.63) is 29.6 Å². The second-order valence-corrected chi connectivity index (χ2v) is 4.80. The van der Waals surface area contributed by atoms with E-state index >= 15 is 0 Å². The van der Waals surface area contributed by atoms with Crippen LogP contribution in [0.2, 0.25) is 0 Å². The maximum absolute atomic E-state index is 13.2. The first-order chi connectivity index (χ1) is 7.78. The van der Waals surface area contributed by atoms with E-state index in [9.17, 15) is 9.18 Å². The minimum atomic E-state index is -0.168. The largest absolute Gasteiger partial charge is 0.381 e. The van der Waals surface area contributed by atoms with E-state index in [-0.39, 0.29) is 11.7 Å². The topological polar surface area (TPSA) is 29.1 Å². The van der Waals surface area contributed by atoms with Crippen LogP contribution in [0, 0.1) is 11.7 Å². The van der Waals surface area contributed by atoms with Crippen molar-refractivity contribution in [2.24, 2.45) is 5.92 Å². The van der Waals surface area contributed by atoms with Crippen molar-refractivity contribution in [1.82, 2.24) is 0 Å². The van der Waals surface area contributed by atoms with Crippen LogP contribution in [0.1, 0.15) is 30.7 Å². The van der Waals surface area contributed by atoms with Crippen molar-refractivity contribution in [3.8, 4) is 0 Å². The van der Waals surface area contributed by atoms with Crippen LogP contribution in [0.5, 0.6) is 0 Å². The van der Waals surface area contributed by atoms with Crippen LogP contribution < -0.4 is 5.32 Å². The number of aldehydes is 1. The van der Waals surface area contributed by atoms with E-state index in [1.165, 1.54) is 6.07 Å². The molecule has 1 heterocycles. The Kier molecular flexibility index (Phi) is 2.20. The minimum absolute atomic E-state index is 0.168. The highest BCUT2D eigenvalue weighted by molar-refractivity contribution is 5.61. The van der Waals surface area contributed by atoms with Crippen molar-refractivity contribution in [2.45, 2.75) is 31.2 Å². The molecule has 3 heteroatoms. The lowest BCUT2D eigenvalue weighted by Gasteiger charge is -2.29. The zero-order valence-corrected chi connectivity index (χ0v) is 8.95. The zero-order chi connectivity index (χ0) is 11.1. The molecule has 3 atom stereocenters. The number of nitrogens with one attached hydrogen (secondary N) is 1. The summed E-state index contributed by atoms with van der Waals surface area (Å²) < 4.78 is 13.2. The van der Waals surface area contributed by atoms with E-state index < -0.39 is 0 Å². The summed E-state index contributed by atoms with van der Waals surface area (Å²) in [5.74, 6) is 0.397. The molecule has 1 aliphatic carbocycles. The van der Waals surface area contributed by atoms with E-state index in [1.807, 2.05) is 0 Å². The van der Waals surface area contributed by atoms with Crippen LogP contribution in [0.15, 0.2) is 18.2 Å². The molecule has 2 aliphatic rings. The van der Waals surface area contributed by atoms with Gasteiger partial charge in [-0.2, -0.15) is 0 Å². The van der Waals surface area contributed by atoms with Gasteiger partial charge in [-0.05, 0) is 43.0 Å². The Bertz CT molecular complexity index is 432. The predicted octanol–water partition coefficient (Wildman–Crippen LogP) is 2.70. The lowest BCUT2D eigenvalue weighted by molar-refractivity contribution is -0.112. The third kappa shape index (κ3) is 1.42. The van der Waals surface area contributed by atoms with Crippen LogP contribution in [0.4, 0.5) is 10.1 Å². The van der Waals surface area contributed by atoms with Crippen molar-refractivity contribution < 1.29 is 9.18 Å². The zero-order valence-electron chi connectivity index (χ0n) is 8.95. The molecule has 1 N–H and O–H groups in total. The molecule has 1 aliphatic heterocycles. The van der Waals surface area contributed by atoms with Gasteiger partial charge in [0.15, 0.2) is 0 Å². The second-order valence-electron chi connectivity index (χ2n) is 4.80. The summed E-state index contributed by atoms with van der Waals surface area (Å²) in [6, 6.07) is 5.24. The van der Waals surface area contributed by atoms with Gasteiger partial charge in [-0.25, -0.2) is 4.39 Å². The number of rotatable bonds is 1.